The Morgan fingerprint density at radius 2 is 1.83 bits per heavy atom. The van der Waals surface area contributed by atoms with Gasteiger partial charge in [0.2, 0.25) is 10.0 Å². The zero-order chi connectivity index (χ0) is 22.5. The van der Waals surface area contributed by atoms with E-state index in [0.29, 0.717) is 15.2 Å². The van der Waals surface area contributed by atoms with Crippen LogP contribution in [0, 0.1) is 6.92 Å². The van der Waals surface area contributed by atoms with E-state index in [9.17, 15) is 23.1 Å². The second kappa shape index (κ2) is 10.4. The first-order chi connectivity index (χ1) is 14.0. The van der Waals surface area contributed by atoms with Gasteiger partial charge in [0, 0.05) is 9.50 Å². The van der Waals surface area contributed by atoms with E-state index in [0.717, 1.165) is 5.56 Å². The number of esters is 1. The Balaban J connectivity index is 2.01. The molecule has 0 aliphatic rings. The molecule has 0 heterocycles. The van der Waals surface area contributed by atoms with E-state index >= 15 is 0 Å². The van der Waals surface area contributed by atoms with E-state index in [1.54, 1.807) is 18.2 Å². The van der Waals surface area contributed by atoms with Gasteiger partial charge in [0.15, 0.2) is 6.61 Å². The van der Waals surface area contributed by atoms with Gasteiger partial charge in [-0.05, 0) is 71.7 Å². The number of nitrogens with one attached hydrogen (secondary N) is 2. The fourth-order valence-electron chi connectivity index (χ4n) is 2.33. The summed E-state index contributed by atoms with van der Waals surface area (Å²) < 4.78 is 32.5. The van der Waals surface area contributed by atoms with Crippen LogP contribution in [0.15, 0.2) is 51.8 Å². The van der Waals surface area contributed by atoms with Crippen LogP contribution in [0.2, 0.25) is 5.02 Å². The van der Waals surface area contributed by atoms with Crippen molar-refractivity contribution in [3.63, 3.8) is 0 Å². The SMILES string of the molecule is Cc1ccc(NC(=O)COC(=O)[C@H](NS(=O)(=O)c2ccc(Cl)cc2)[C@H](C)O)c(Br)c1. The number of ether oxygens (including phenoxy) is 1. The second-order valence-electron chi connectivity index (χ2n) is 6.43. The van der Waals surface area contributed by atoms with Gasteiger partial charge in [-0.1, -0.05) is 17.7 Å². The molecule has 30 heavy (non-hydrogen) atoms. The summed E-state index contributed by atoms with van der Waals surface area (Å²) in [6.07, 6.45) is -1.41. The highest BCUT2D eigenvalue weighted by Crippen LogP contribution is 2.23. The van der Waals surface area contributed by atoms with Gasteiger partial charge in [-0.3, -0.25) is 9.59 Å². The third-order valence-electron chi connectivity index (χ3n) is 3.89. The summed E-state index contributed by atoms with van der Waals surface area (Å²) in [4.78, 5) is 24.2. The van der Waals surface area contributed by atoms with Gasteiger partial charge in [0.1, 0.15) is 6.04 Å². The summed E-state index contributed by atoms with van der Waals surface area (Å²) >= 11 is 9.06. The third-order valence-corrected chi connectivity index (χ3v) is 6.25. The van der Waals surface area contributed by atoms with Crippen molar-refractivity contribution >= 4 is 55.1 Å². The molecule has 0 aliphatic carbocycles. The number of carbonyl (C=O) groups is 2. The fourth-order valence-corrected chi connectivity index (χ4v) is 4.30. The van der Waals surface area contributed by atoms with Gasteiger partial charge in [0.25, 0.3) is 5.91 Å². The van der Waals surface area contributed by atoms with Crippen molar-refractivity contribution in [3.05, 3.63) is 57.5 Å². The predicted octanol–water partition coefficient (Wildman–Crippen LogP) is 2.62. The number of aliphatic hydroxyl groups excluding tert-OH is 1. The average molecular weight is 520 g/mol. The molecule has 0 unspecified atom stereocenters. The van der Waals surface area contributed by atoms with E-state index in [1.165, 1.54) is 31.2 Å². The smallest absolute Gasteiger partial charge is 0.327 e. The standard InChI is InChI=1S/C19H20BrClN2O6S/c1-11-3-8-16(15(20)9-11)22-17(25)10-29-19(26)18(12(2)24)23-30(27,28)14-6-4-13(21)5-7-14/h3-9,12,18,23-24H,10H2,1-2H3,(H,22,25)/t12-,18+/m0/s1. The zero-order valence-electron chi connectivity index (χ0n) is 16.1. The molecule has 0 aromatic heterocycles. The Bertz CT molecular complexity index is 1030. The van der Waals surface area contributed by atoms with Crippen molar-refractivity contribution in [3.8, 4) is 0 Å². The largest absolute Gasteiger partial charge is 0.454 e. The number of anilines is 1. The van der Waals surface area contributed by atoms with Gasteiger partial charge in [-0.15, -0.1) is 0 Å². The Morgan fingerprint density at radius 3 is 2.40 bits per heavy atom. The van der Waals surface area contributed by atoms with Gasteiger partial charge >= 0.3 is 5.97 Å². The molecule has 0 radical (unpaired) electrons. The summed E-state index contributed by atoms with van der Waals surface area (Å²) in [7, 11) is -4.14. The van der Waals surface area contributed by atoms with Crippen LogP contribution in [0.25, 0.3) is 0 Å². The third kappa shape index (κ3) is 6.78. The minimum atomic E-state index is -4.14. The molecule has 162 valence electrons. The van der Waals surface area contributed by atoms with Crippen LogP contribution in [-0.4, -0.2) is 44.2 Å². The lowest BCUT2D eigenvalue weighted by Gasteiger charge is -2.20. The van der Waals surface area contributed by atoms with E-state index in [-0.39, 0.29) is 4.90 Å². The van der Waals surface area contributed by atoms with E-state index in [2.05, 4.69) is 26.0 Å². The number of hydrogen-bond donors (Lipinski definition) is 3. The molecule has 0 aliphatic heterocycles. The summed E-state index contributed by atoms with van der Waals surface area (Å²) in [6, 6.07) is 8.92. The summed E-state index contributed by atoms with van der Waals surface area (Å²) in [5, 5.41) is 12.7. The van der Waals surface area contributed by atoms with Crippen molar-refractivity contribution in [2.24, 2.45) is 0 Å². The Morgan fingerprint density at radius 1 is 1.20 bits per heavy atom. The maximum absolute atomic E-state index is 12.4. The maximum Gasteiger partial charge on any atom is 0.327 e. The van der Waals surface area contributed by atoms with Crippen LogP contribution in [0.4, 0.5) is 5.69 Å². The number of aryl methyl sites for hydroxylation is 1. The molecule has 2 aromatic rings. The molecule has 2 rings (SSSR count). The van der Waals surface area contributed by atoms with Gasteiger partial charge in [0.05, 0.1) is 16.7 Å². The fraction of sp³-hybridized carbons (Fsp3) is 0.263. The lowest BCUT2D eigenvalue weighted by Crippen LogP contribution is -2.48. The minimum Gasteiger partial charge on any atom is -0.454 e. The predicted molar refractivity (Wildman–Crippen MR) is 116 cm³/mol. The van der Waals surface area contributed by atoms with E-state index in [4.69, 9.17) is 16.3 Å². The highest BCUT2D eigenvalue weighted by atomic mass is 79.9. The first-order valence-corrected chi connectivity index (χ1v) is 11.3. The Hall–Kier alpha value is -1.98. The summed E-state index contributed by atoms with van der Waals surface area (Å²) in [6.45, 7) is 2.45. The molecule has 0 spiro atoms. The maximum atomic E-state index is 12.4. The molecule has 2 atom stereocenters. The monoisotopic (exact) mass is 518 g/mol. The lowest BCUT2D eigenvalue weighted by atomic mass is 10.2. The first kappa shape index (κ1) is 24.3. The van der Waals surface area contributed by atoms with Crippen LogP contribution < -0.4 is 10.0 Å². The molecule has 0 saturated carbocycles. The van der Waals surface area contributed by atoms with Crippen molar-refractivity contribution in [1.82, 2.24) is 4.72 Å². The van der Waals surface area contributed by atoms with Crippen molar-refractivity contribution < 1.29 is 27.9 Å². The number of rotatable bonds is 8. The quantitative estimate of drug-likeness (QED) is 0.461. The molecule has 0 saturated heterocycles. The topological polar surface area (TPSA) is 122 Å². The summed E-state index contributed by atoms with van der Waals surface area (Å²) in [5.41, 5.74) is 1.47. The molecule has 3 N–H and O–H groups in total. The highest BCUT2D eigenvalue weighted by molar-refractivity contribution is 9.10. The Labute approximate surface area is 187 Å². The Kier molecular flexibility index (Phi) is 8.39. The number of benzene rings is 2. The number of halogens is 2. The van der Waals surface area contributed by atoms with Gasteiger partial charge < -0.3 is 15.2 Å². The van der Waals surface area contributed by atoms with Gasteiger partial charge in [-0.25, -0.2) is 8.42 Å². The molecule has 0 bridgehead atoms. The van der Waals surface area contributed by atoms with Crippen LogP contribution in [0.3, 0.4) is 0 Å². The highest BCUT2D eigenvalue weighted by Gasteiger charge is 2.31. The van der Waals surface area contributed by atoms with Crippen molar-refractivity contribution in [1.29, 1.82) is 0 Å². The van der Waals surface area contributed by atoms with Crippen LogP contribution in [0.5, 0.6) is 0 Å². The van der Waals surface area contributed by atoms with Gasteiger partial charge in [-0.2, -0.15) is 4.72 Å². The first-order valence-electron chi connectivity index (χ1n) is 8.68. The number of carbonyl (C=O) groups excluding carboxylic acids is 2. The van der Waals surface area contributed by atoms with E-state index in [1.807, 2.05) is 6.92 Å². The average Bonchev–Trinajstić information content (AvgIpc) is 2.66. The molecule has 8 nitrogen and oxygen atoms in total. The number of hydrogen-bond acceptors (Lipinski definition) is 6. The van der Waals surface area contributed by atoms with Crippen molar-refractivity contribution in [2.45, 2.75) is 30.9 Å². The lowest BCUT2D eigenvalue weighted by molar-refractivity contribution is -0.151. The van der Waals surface area contributed by atoms with Crippen LogP contribution in [-0.2, 0) is 24.3 Å². The number of sulfonamides is 1. The number of amides is 1. The molecule has 1 amide bonds. The van der Waals surface area contributed by atoms with Crippen molar-refractivity contribution in [2.75, 3.05) is 11.9 Å². The van der Waals surface area contributed by atoms with Crippen LogP contribution >= 0.6 is 27.5 Å². The molecular formula is C19H20BrClN2O6S. The molecule has 11 heteroatoms. The minimum absolute atomic E-state index is 0.146. The zero-order valence-corrected chi connectivity index (χ0v) is 19.2. The second-order valence-corrected chi connectivity index (χ2v) is 9.44. The number of aliphatic hydroxyl groups is 1. The molecular weight excluding hydrogens is 500 g/mol. The van der Waals surface area contributed by atoms with E-state index < -0.39 is 40.7 Å². The molecule has 0 fully saturated rings. The molecule has 2 aromatic carbocycles. The normalized spacial score (nSPS) is 13.4. The summed E-state index contributed by atoms with van der Waals surface area (Å²) in [5.74, 6) is -1.72. The van der Waals surface area contributed by atoms with Crippen LogP contribution in [0.1, 0.15) is 12.5 Å².